The Bertz CT molecular complexity index is 1100. The molecule has 3 aromatic rings. The van der Waals surface area contributed by atoms with Crippen molar-refractivity contribution in [1.29, 1.82) is 5.26 Å². The number of rotatable bonds is 4. The van der Waals surface area contributed by atoms with Crippen LogP contribution in [-0.4, -0.2) is 55.3 Å². The first kappa shape index (κ1) is 19.1. The molecule has 1 N–H and O–H groups in total. The Balaban J connectivity index is 1.20. The Labute approximate surface area is 180 Å². The largest absolute Gasteiger partial charge is 0.482 e. The third-order valence-electron chi connectivity index (χ3n) is 5.89. The molecule has 2 aromatic carbocycles. The van der Waals surface area contributed by atoms with Gasteiger partial charge in [-0.2, -0.15) is 5.26 Å². The number of fused-ring (bicyclic) bond motifs is 2. The first-order valence-corrected chi connectivity index (χ1v) is 10.6. The Hall–Kier alpha value is -2.88. The number of nitriles is 1. The molecule has 0 saturated carbocycles. The van der Waals surface area contributed by atoms with Crippen LogP contribution in [-0.2, 0) is 6.42 Å². The van der Waals surface area contributed by atoms with Crippen molar-refractivity contribution in [1.82, 2.24) is 9.88 Å². The molecule has 0 spiro atoms. The van der Waals surface area contributed by atoms with E-state index in [2.05, 4.69) is 39.2 Å². The quantitative estimate of drug-likeness (QED) is 0.691. The van der Waals surface area contributed by atoms with E-state index >= 15 is 0 Å². The molecule has 2 aliphatic heterocycles. The third kappa shape index (κ3) is 3.67. The molecule has 3 heterocycles. The van der Waals surface area contributed by atoms with E-state index in [1.54, 1.807) is 0 Å². The lowest BCUT2D eigenvalue weighted by atomic mass is 10.1. The lowest BCUT2D eigenvalue weighted by molar-refractivity contribution is 0.127. The number of piperazine rings is 1. The number of aromatic nitrogens is 1. The SMILES string of the molecule is N#CC1COc2c(cccc2N2CCN(CCc3c[nH]c4cc(Cl)ccc34)CC2)O1. The maximum absolute atomic E-state index is 9.07. The van der Waals surface area contributed by atoms with Gasteiger partial charge in [0.1, 0.15) is 12.7 Å². The van der Waals surface area contributed by atoms with Crippen LogP contribution in [0.3, 0.4) is 0 Å². The molecule has 5 rings (SSSR count). The maximum Gasteiger partial charge on any atom is 0.218 e. The van der Waals surface area contributed by atoms with Gasteiger partial charge >= 0.3 is 0 Å². The molecule has 7 heteroatoms. The van der Waals surface area contributed by atoms with Crippen LogP contribution >= 0.6 is 11.6 Å². The zero-order valence-electron chi connectivity index (χ0n) is 16.6. The Morgan fingerprint density at radius 2 is 2.03 bits per heavy atom. The summed E-state index contributed by atoms with van der Waals surface area (Å²) in [6.07, 6.45) is 2.57. The van der Waals surface area contributed by atoms with Gasteiger partial charge in [0.05, 0.1) is 5.69 Å². The van der Waals surface area contributed by atoms with Crippen LogP contribution in [0.15, 0.2) is 42.6 Å². The van der Waals surface area contributed by atoms with Gasteiger partial charge < -0.3 is 19.4 Å². The van der Waals surface area contributed by atoms with E-state index in [0.717, 1.165) is 61.1 Å². The summed E-state index contributed by atoms with van der Waals surface area (Å²) < 4.78 is 11.6. The highest BCUT2D eigenvalue weighted by Crippen LogP contribution is 2.40. The zero-order chi connectivity index (χ0) is 20.5. The summed E-state index contributed by atoms with van der Waals surface area (Å²) in [5, 5.41) is 11.1. The topological polar surface area (TPSA) is 64.5 Å². The number of hydrogen-bond acceptors (Lipinski definition) is 5. The predicted octanol–water partition coefficient (Wildman–Crippen LogP) is 3.85. The van der Waals surface area contributed by atoms with Crippen LogP contribution in [0.2, 0.25) is 5.02 Å². The van der Waals surface area contributed by atoms with Gasteiger partial charge in [0.15, 0.2) is 11.5 Å². The van der Waals surface area contributed by atoms with E-state index in [1.165, 1.54) is 10.9 Å². The van der Waals surface area contributed by atoms with E-state index in [-0.39, 0.29) is 6.61 Å². The summed E-state index contributed by atoms with van der Waals surface area (Å²) in [4.78, 5) is 8.17. The third-order valence-corrected chi connectivity index (χ3v) is 6.13. The standard InChI is InChI=1S/C23H23ClN4O2/c24-17-4-5-19-16(14-26-20(19)12-17)6-7-27-8-10-28(11-9-27)21-2-1-3-22-23(21)29-15-18(13-25)30-22/h1-5,12,14,18,26H,6-11,15H2. The van der Waals surface area contributed by atoms with Crippen molar-refractivity contribution in [3.05, 3.63) is 53.2 Å². The van der Waals surface area contributed by atoms with Gasteiger partial charge in [-0.25, -0.2) is 0 Å². The summed E-state index contributed by atoms with van der Waals surface area (Å²) in [7, 11) is 0. The average Bonchev–Trinajstić information content (AvgIpc) is 3.19. The summed E-state index contributed by atoms with van der Waals surface area (Å²) in [6, 6.07) is 14.0. The van der Waals surface area contributed by atoms with E-state index in [4.69, 9.17) is 26.3 Å². The van der Waals surface area contributed by atoms with Crippen molar-refractivity contribution in [2.45, 2.75) is 12.5 Å². The molecule has 1 fully saturated rings. The molecule has 1 saturated heterocycles. The van der Waals surface area contributed by atoms with Gasteiger partial charge in [0.2, 0.25) is 6.10 Å². The van der Waals surface area contributed by atoms with Gasteiger partial charge in [-0.1, -0.05) is 23.7 Å². The molecule has 0 aliphatic carbocycles. The molecule has 6 nitrogen and oxygen atoms in total. The Morgan fingerprint density at radius 1 is 1.17 bits per heavy atom. The van der Waals surface area contributed by atoms with Crippen molar-refractivity contribution >= 4 is 28.2 Å². The van der Waals surface area contributed by atoms with Gasteiger partial charge in [0, 0.05) is 54.8 Å². The molecule has 154 valence electrons. The molecule has 1 aromatic heterocycles. The number of anilines is 1. The van der Waals surface area contributed by atoms with Crippen LogP contribution in [0.4, 0.5) is 5.69 Å². The van der Waals surface area contributed by atoms with Crippen molar-refractivity contribution in [2.75, 3.05) is 44.2 Å². The summed E-state index contributed by atoms with van der Waals surface area (Å²) in [5.74, 6) is 1.42. The predicted molar refractivity (Wildman–Crippen MR) is 118 cm³/mol. The van der Waals surface area contributed by atoms with Crippen molar-refractivity contribution in [3.63, 3.8) is 0 Å². The minimum Gasteiger partial charge on any atom is -0.482 e. The fourth-order valence-corrected chi connectivity index (χ4v) is 4.43. The number of hydrogen-bond donors (Lipinski definition) is 1. The Morgan fingerprint density at radius 3 is 2.87 bits per heavy atom. The minimum absolute atomic E-state index is 0.274. The second-order valence-corrected chi connectivity index (χ2v) is 8.17. The normalized spacial score (nSPS) is 19.1. The molecule has 0 bridgehead atoms. The van der Waals surface area contributed by atoms with E-state index in [9.17, 15) is 0 Å². The number of H-pyrrole nitrogens is 1. The molecule has 2 aliphatic rings. The number of para-hydroxylation sites is 1. The minimum atomic E-state index is -0.537. The smallest absolute Gasteiger partial charge is 0.218 e. The number of benzene rings is 2. The van der Waals surface area contributed by atoms with Gasteiger partial charge in [-0.15, -0.1) is 0 Å². The van der Waals surface area contributed by atoms with Crippen LogP contribution in [0, 0.1) is 11.3 Å². The lowest BCUT2D eigenvalue weighted by Gasteiger charge is -2.37. The van der Waals surface area contributed by atoms with Crippen LogP contribution in [0.1, 0.15) is 5.56 Å². The van der Waals surface area contributed by atoms with Crippen LogP contribution in [0.5, 0.6) is 11.5 Å². The number of aromatic amines is 1. The van der Waals surface area contributed by atoms with Crippen molar-refractivity contribution in [2.24, 2.45) is 0 Å². The molecule has 1 atom stereocenters. The highest BCUT2D eigenvalue weighted by atomic mass is 35.5. The maximum atomic E-state index is 9.07. The molecule has 1 unspecified atom stereocenters. The summed E-state index contributed by atoms with van der Waals surface area (Å²) in [5.41, 5.74) is 3.48. The van der Waals surface area contributed by atoms with Gasteiger partial charge in [0.25, 0.3) is 0 Å². The first-order valence-electron chi connectivity index (χ1n) is 10.3. The van der Waals surface area contributed by atoms with Crippen molar-refractivity contribution in [3.8, 4) is 17.6 Å². The number of nitrogens with zero attached hydrogens (tertiary/aromatic N) is 3. The van der Waals surface area contributed by atoms with Gasteiger partial charge in [-0.3, -0.25) is 4.90 Å². The highest BCUT2D eigenvalue weighted by molar-refractivity contribution is 6.31. The number of ether oxygens (including phenoxy) is 2. The van der Waals surface area contributed by atoms with Crippen LogP contribution < -0.4 is 14.4 Å². The number of halogens is 1. The second-order valence-electron chi connectivity index (χ2n) is 7.73. The first-order chi connectivity index (χ1) is 14.7. The average molecular weight is 423 g/mol. The molecular weight excluding hydrogens is 400 g/mol. The molecule has 30 heavy (non-hydrogen) atoms. The van der Waals surface area contributed by atoms with Gasteiger partial charge in [-0.05, 0) is 36.2 Å². The zero-order valence-corrected chi connectivity index (χ0v) is 17.4. The second kappa shape index (κ2) is 8.10. The number of nitrogens with one attached hydrogen (secondary N) is 1. The molecular formula is C23H23ClN4O2. The Kier molecular flexibility index (Phi) is 5.16. The van der Waals surface area contributed by atoms with Crippen molar-refractivity contribution < 1.29 is 9.47 Å². The summed E-state index contributed by atoms with van der Waals surface area (Å²) in [6.45, 7) is 5.17. The molecule has 0 radical (unpaired) electrons. The van der Waals surface area contributed by atoms with E-state index in [1.807, 2.05) is 24.3 Å². The lowest BCUT2D eigenvalue weighted by Crippen LogP contribution is -2.47. The highest BCUT2D eigenvalue weighted by Gasteiger charge is 2.27. The van der Waals surface area contributed by atoms with E-state index < -0.39 is 6.10 Å². The fraction of sp³-hybridized carbons (Fsp3) is 0.348. The van der Waals surface area contributed by atoms with Crippen LogP contribution in [0.25, 0.3) is 10.9 Å². The fourth-order valence-electron chi connectivity index (χ4n) is 4.26. The monoisotopic (exact) mass is 422 g/mol. The van der Waals surface area contributed by atoms with E-state index in [0.29, 0.717) is 5.75 Å². The summed E-state index contributed by atoms with van der Waals surface area (Å²) >= 11 is 6.09. The molecule has 0 amide bonds.